The zero-order valence-corrected chi connectivity index (χ0v) is 13.9. The highest BCUT2D eigenvalue weighted by Gasteiger charge is 2.33. The minimum atomic E-state index is -1.19. The monoisotopic (exact) mass is 316 g/mol. The quantitative estimate of drug-likeness (QED) is 0.734. The van der Waals surface area contributed by atoms with Gasteiger partial charge in [0.25, 0.3) is 0 Å². The van der Waals surface area contributed by atoms with Crippen LogP contribution in [0.5, 0.6) is 0 Å². The summed E-state index contributed by atoms with van der Waals surface area (Å²) in [4.78, 5) is 26.7. The summed E-state index contributed by atoms with van der Waals surface area (Å²) in [7, 11) is 0. The number of aliphatic carboxylic acids is 1. The lowest BCUT2D eigenvalue weighted by Crippen LogP contribution is -2.52. The molecule has 0 saturated carbocycles. The van der Waals surface area contributed by atoms with E-state index in [4.69, 9.17) is 0 Å². The Balaban J connectivity index is 2.03. The molecule has 5 heteroatoms. The Labute approximate surface area is 136 Å². The number of hydrogen-bond acceptors (Lipinski definition) is 2. The maximum atomic E-state index is 12.2. The molecule has 0 aliphatic heterocycles. The van der Waals surface area contributed by atoms with Crippen LogP contribution in [0.4, 0.5) is 0 Å². The lowest BCUT2D eigenvalue weighted by molar-refractivity contribution is -0.147. The first-order valence-corrected chi connectivity index (χ1v) is 7.97. The number of carboxylic acid groups (broad SMARTS) is 1. The van der Waals surface area contributed by atoms with Gasteiger partial charge in [-0.1, -0.05) is 25.0 Å². The number of aromatic amines is 1. The van der Waals surface area contributed by atoms with Crippen LogP contribution in [0.25, 0.3) is 10.9 Å². The van der Waals surface area contributed by atoms with Crippen LogP contribution in [0, 0.1) is 6.92 Å². The predicted octanol–water partition coefficient (Wildman–Crippen LogP) is 3.17. The Kier molecular flexibility index (Phi) is 5.08. The van der Waals surface area contributed by atoms with Crippen molar-refractivity contribution in [2.24, 2.45) is 0 Å². The van der Waals surface area contributed by atoms with Crippen LogP contribution in [-0.2, 0) is 16.0 Å². The largest absolute Gasteiger partial charge is 0.480 e. The Bertz CT molecular complexity index is 720. The summed E-state index contributed by atoms with van der Waals surface area (Å²) >= 11 is 0. The lowest BCUT2D eigenvalue weighted by Gasteiger charge is -2.25. The molecule has 0 fully saturated rings. The van der Waals surface area contributed by atoms with Crippen molar-refractivity contribution in [1.29, 1.82) is 0 Å². The third-order valence-corrected chi connectivity index (χ3v) is 4.18. The van der Waals surface area contributed by atoms with Crippen molar-refractivity contribution in [3.8, 4) is 0 Å². The van der Waals surface area contributed by atoms with Crippen molar-refractivity contribution >= 4 is 22.8 Å². The van der Waals surface area contributed by atoms with E-state index in [0.717, 1.165) is 16.5 Å². The zero-order chi connectivity index (χ0) is 17.0. The summed E-state index contributed by atoms with van der Waals surface area (Å²) in [5.41, 5.74) is 2.10. The van der Waals surface area contributed by atoms with Crippen LogP contribution in [0.2, 0.25) is 0 Å². The minimum Gasteiger partial charge on any atom is -0.480 e. The number of amides is 1. The smallest absolute Gasteiger partial charge is 0.329 e. The molecule has 1 amide bonds. The summed E-state index contributed by atoms with van der Waals surface area (Å²) < 4.78 is 0. The van der Waals surface area contributed by atoms with Crippen molar-refractivity contribution < 1.29 is 14.7 Å². The van der Waals surface area contributed by atoms with Gasteiger partial charge in [0.15, 0.2) is 0 Å². The van der Waals surface area contributed by atoms with E-state index in [1.165, 1.54) is 5.56 Å². The molecule has 2 aromatic rings. The first-order valence-electron chi connectivity index (χ1n) is 7.97. The fourth-order valence-corrected chi connectivity index (χ4v) is 2.84. The molecule has 1 aromatic heterocycles. The van der Waals surface area contributed by atoms with E-state index >= 15 is 0 Å². The fraction of sp³-hybridized carbons (Fsp3) is 0.444. The number of carboxylic acids is 1. The summed E-state index contributed by atoms with van der Waals surface area (Å²) in [5.74, 6) is -1.22. The first-order chi connectivity index (χ1) is 10.9. The Hall–Kier alpha value is -2.30. The molecular weight excluding hydrogens is 292 g/mol. The van der Waals surface area contributed by atoms with Crippen molar-refractivity contribution in [2.45, 2.75) is 52.0 Å². The molecule has 1 unspecified atom stereocenters. The van der Waals surface area contributed by atoms with E-state index in [2.05, 4.69) is 16.4 Å². The van der Waals surface area contributed by atoms with Gasteiger partial charge in [0.2, 0.25) is 5.91 Å². The van der Waals surface area contributed by atoms with Gasteiger partial charge in [-0.2, -0.15) is 0 Å². The number of rotatable bonds is 7. The van der Waals surface area contributed by atoms with E-state index in [9.17, 15) is 14.7 Å². The van der Waals surface area contributed by atoms with Gasteiger partial charge in [0.05, 0.1) is 0 Å². The molecule has 1 heterocycles. The molecule has 0 bridgehead atoms. The van der Waals surface area contributed by atoms with Crippen LogP contribution < -0.4 is 5.32 Å². The number of aromatic nitrogens is 1. The van der Waals surface area contributed by atoms with Crippen LogP contribution in [0.3, 0.4) is 0 Å². The molecule has 1 atom stereocenters. The van der Waals surface area contributed by atoms with Gasteiger partial charge >= 0.3 is 5.97 Å². The van der Waals surface area contributed by atoms with Gasteiger partial charge < -0.3 is 15.4 Å². The number of H-pyrrole nitrogens is 1. The molecular formula is C18H24N2O3. The number of nitrogens with one attached hydrogen (secondary N) is 2. The molecule has 0 spiro atoms. The Morgan fingerprint density at radius 3 is 2.74 bits per heavy atom. The van der Waals surface area contributed by atoms with Crippen LogP contribution in [-0.4, -0.2) is 27.5 Å². The second kappa shape index (κ2) is 6.86. The predicted molar refractivity (Wildman–Crippen MR) is 90.4 cm³/mol. The van der Waals surface area contributed by atoms with E-state index < -0.39 is 11.5 Å². The number of hydrogen-bond donors (Lipinski definition) is 3. The van der Waals surface area contributed by atoms with Gasteiger partial charge in [-0.25, -0.2) is 4.79 Å². The standard InChI is InChI=1S/C18H24N2O3/c1-4-9-18(3,17(22)23)20-16(21)8-6-13-11-19-15-7-5-12(2)10-14(13)15/h5,7,10-11,19H,4,6,8-9H2,1-3H3,(H,20,21)(H,22,23). The molecule has 1 aromatic carbocycles. The zero-order valence-electron chi connectivity index (χ0n) is 13.9. The van der Waals surface area contributed by atoms with Gasteiger partial charge in [0.1, 0.15) is 5.54 Å². The normalized spacial score (nSPS) is 13.7. The maximum absolute atomic E-state index is 12.2. The molecule has 23 heavy (non-hydrogen) atoms. The minimum absolute atomic E-state index is 0.231. The number of carbonyl (C=O) groups excluding carboxylic acids is 1. The average molecular weight is 316 g/mol. The summed E-state index contributed by atoms with van der Waals surface area (Å²) in [5, 5.41) is 13.1. The van der Waals surface area contributed by atoms with Crippen molar-refractivity contribution in [2.75, 3.05) is 0 Å². The topological polar surface area (TPSA) is 82.2 Å². The fourth-order valence-electron chi connectivity index (χ4n) is 2.84. The molecule has 3 N–H and O–H groups in total. The van der Waals surface area contributed by atoms with Crippen molar-refractivity contribution in [1.82, 2.24) is 10.3 Å². The van der Waals surface area contributed by atoms with E-state index in [1.54, 1.807) is 6.92 Å². The van der Waals surface area contributed by atoms with Gasteiger partial charge in [-0.15, -0.1) is 0 Å². The highest BCUT2D eigenvalue weighted by atomic mass is 16.4. The lowest BCUT2D eigenvalue weighted by atomic mass is 9.96. The molecule has 124 valence electrons. The molecule has 0 saturated heterocycles. The maximum Gasteiger partial charge on any atom is 0.329 e. The Morgan fingerprint density at radius 2 is 2.09 bits per heavy atom. The summed E-state index contributed by atoms with van der Waals surface area (Å²) in [6, 6.07) is 6.16. The Morgan fingerprint density at radius 1 is 1.35 bits per heavy atom. The second-order valence-electron chi connectivity index (χ2n) is 6.30. The number of carbonyl (C=O) groups is 2. The van der Waals surface area contributed by atoms with Gasteiger partial charge in [-0.3, -0.25) is 4.79 Å². The van der Waals surface area contributed by atoms with E-state index in [0.29, 0.717) is 19.3 Å². The molecule has 2 rings (SSSR count). The summed E-state index contributed by atoms with van der Waals surface area (Å²) in [6.07, 6.45) is 3.88. The SMILES string of the molecule is CCCC(C)(NC(=O)CCc1c[nH]c2ccc(C)cc12)C(=O)O. The third-order valence-electron chi connectivity index (χ3n) is 4.18. The van der Waals surface area contributed by atoms with E-state index in [1.807, 2.05) is 32.2 Å². The molecule has 5 nitrogen and oxygen atoms in total. The average Bonchev–Trinajstić information content (AvgIpc) is 2.87. The first kappa shape index (κ1) is 17.1. The van der Waals surface area contributed by atoms with Crippen molar-refractivity contribution in [3.05, 3.63) is 35.5 Å². The van der Waals surface area contributed by atoms with Gasteiger partial charge in [-0.05, 0) is 44.4 Å². The van der Waals surface area contributed by atoms with Crippen LogP contribution >= 0.6 is 0 Å². The third kappa shape index (κ3) is 3.92. The number of aryl methyl sites for hydroxylation is 2. The van der Waals surface area contributed by atoms with Crippen LogP contribution in [0.1, 0.15) is 44.2 Å². The summed E-state index contributed by atoms with van der Waals surface area (Å²) in [6.45, 7) is 5.50. The molecule has 0 radical (unpaired) electrons. The van der Waals surface area contributed by atoms with Crippen molar-refractivity contribution in [3.63, 3.8) is 0 Å². The highest BCUT2D eigenvalue weighted by Crippen LogP contribution is 2.21. The van der Waals surface area contributed by atoms with E-state index in [-0.39, 0.29) is 12.3 Å². The highest BCUT2D eigenvalue weighted by molar-refractivity contribution is 5.88. The van der Waals surface area contributed by atoms with Gasteiger partial charge in [0, 0.05) is 23.5 Å². The number of fused-ring (bicyclic) bond motifs is 1. The molecule has 0 aliphatic carbocycles. The number of benzene rings is 1. The van der Waals surface area contributed by atoms with Crippen LogP contribution in [0.15, 0.2) is 24.4 Å². The molecule has 0 aliphatic rings. The second-order valence-corrected chi connectivity index (χ2v) is 6.30.